The summed E-state index contributed by atoms with van der Waals surface area (Å²) in [4.78, 5) is 163. The Morgan fingerprint density at radius 2 is 0.847 bits per heavy atom. The molecule has 0 aromatic carbocycles. The minimum Gasteiger partial charge on any atom is -0.352 e. The fraction of sp³-hybridized carbons (Fsp3) is 0.820. The highest BCUT2D eigenvalue weighted by Gasteiger charge is 2.44. The molecule has 5 N–H and O–H groups in total. The number of likely N-dealkylation sites (N-methyl/N-ethyl adjacent to an activating group) is 7. The Morgan fingerprint density at radius 3 is 1.26 bits per heavy atom. The second-order valence-corrected chi connectivity index (χ2v) is 26.2. The molecule has 0 saturated heterocycles. The highest BCUT2D eigenvalue weighted by molar-refractivity contribution is 5.98. The molecular formula is C61H111N13O11. The van der Waals surface area contributed by atoms with Crippen molar-refractivity contribution in [3.63, 3.8) is 0 Å². The minimum absolute atomic E-state index is 0.0184. The molecule has 0 radical (unpaired) electrons. The van der Waals surface area contributed by atoms with Gasteiger partial charge >= 0.3 is 0 Å². The molecule has 0 rings (SSSR count). The van der Waals surface area contributed by atoms with Crippen LogP contribution in [0.5, 0.6) is 0 Å². The van der Waals surface area contributed by atoms with E-state index in [0.717, 1.165) is 4.90 Å². The van der Waals surface area contributed by atoms with Gasteiger partial charge in [0, 0.05) is 55.4 Å². The summed E-state index contributed by atoms with van der Waals surface area (Å²) in [5.74, 6) is -7.38. The maximum atomic E-state index is 15.0. The summed E-state index contributed by atoms with van der Waals surface area (Å²) < 4.78 is 0. The van der Waals surface area contributed by atoms with Crippen LogP contribution >= 0.6 is 0 Å². The van der Waals surface area contributed by atoms with Crippen molar-refractivity contribution in [3.05, 3.63) is 4.91 Å². The Balaban J connectivity index is 7.09. The van der Waals surface area contributed by atoms with Gasteiger partial charge in [-0.25, -0.2) is 0 Å². The molecule has 0 heterocycles. The maximum absolute atomic E-state index is 15.0. The van der Waals surface area contributed by atoms with E-state index in [4.69, 9.17) is 5.73 Å². The summed E-state index contributed by atoms with van der Waals surface area (Å²) in [6, 6.07) is -9.09. The molecule has 0 aromatic rings. The molecule has 24 heteroatoms. The lowest BCUT2D eigenvalue weighted by Gasteiger charge is -2.41. The summed E-state index contributed by atoms with van der Waals surface area (Å²) >= 11 is 0. The van der Waals surface area contributed by atoms with E-state index in [1.165, 1.54) is 78.6 Å². The van der Waals surface area contributed by atoms with Crippen LogP contribution < -0.4 is 21.7 Å². The number of hydrogen-bond donors (Lipinski definition) is 4. The first kappa shape index (κ1) is 78.8. The number of carbonyl (C=O) groups is 10. The van der Waals surface area contributed by atoms with Gasteiger partial charge in [-0.1, -0.05) is 102 Å². The molecule has 24 nitrogen and oxygen atoms in total. The number of nitriles is 1. The van der Waals surface area contributed by atoms with Gasteiger partial charge in [0.25, 0.3) is 5.91 Å². The molecule has 0 aromatic heterocycles. The second-order valence-electron chi connectivity index (χ2n) is 26.2. The van der Waals surface area contributed by atoms with E-state index in [-0.39, 0.29) is 74.1 Å². The molecule has 2 unspecified atom stereocenters. The van der Waals surface area contributed by atoms with Gasteiger partial charge in [-0.3, -0.25) is 47.9 Å². The Hall–Kier alpha value is -6.25. The van der Waals surface area contributed by atoms with Crippen LogP contribution in [0.2, 0.25) is 0 Å². The fourth-order valence-electron chi connectivity index (χ4n) is 10.4. The first-order valence-electron chi connectivity index (χ1n) is 30.4. The predicted octanol–water partition coefficient (Wildman–Crippen LogP) is 4.23. The average molecular weight is 1200 g/mol. The molecule has 0 fully saturated rings. The predicted molar refractivity (Wildman–Crippen MR) is 329 cm³/mol. The lowest BCUT2D eigenvalue weighted by atomic mass is 9.92. The summed E-state index contributed by atoms with van der Waals surface area (Å²) in [6.07, 6.45) is 1.17. The number of hydrogen-bond acceptors (Lipinski definition) is 14. The van der Waals surface area contributed by atoms with Crippen molar-refractivity contribution >= 4 is 59.1 Å². The molecule has 0 saturated carbocycles. The number of carbonyl (C=O) groups excluding carboxylic acids is 10. The topological polar surface area (TPSA) is 309 Å². The van der Waals surface area contributed by atoms with Crippen LogP contribution in [-0.4, -0.2) is 216 Å². The van der Waals surface area contributed by atoms with Gasteiger partial charge in [0.05, 0.1) is 18.7 Å². The van der Waals surface area contributed by atoms with Crippen molar-refractivity contribution in [1.29, 1.82) is 5.26 Å². The molecule has 0 spiro atoms. The number of rotatable bonds is 36. The minimum atomic E-state index is -1.28. The summed E-state index contributed by atoms with van der Waals surface area (Å²) in [5, 5.41) is 21.0. The molecule has 0 aliphatic carbocycles. The molecule has 85 heavy (non-hydrogen) atoms. The van der Waals surface area contributed by atoms with Crippen molar-refractivity contribution < 1.29 is 47.9 Å². The van der Waals surface area contributed by atoms with Crippen molar-refractivity contribution in [1.82, 2.24) is 50.2 Å². The van der Waals surface area contributed by atoms with Gasteiger partial charge in [0.15, 0.2) is 6.04 Å². The Morgan fingerprint density at radius 1 is 0.459 bits per heavy atom. The van der Waals surface area contributed by atoms with Crippen LogP contribution in [0.3, 0.4) is 0 Å². The van der Waals surface area contributed by atoms with Gasteiger partial charge in [-0.05, 0) is 107 Å². The van der Waals surface area contributed by atoms with Crippen LogP contribution in [0, 0.1) is 57.7 Å². The first-order chi connectivity index (χ1) is 39.1. The van der Waals surface area contributed by atoms with Crippen molar-refractivity contribution in [3.8, 4) is 6.07 Å². The van der Waals surface area contributed by atoms with Crippen molar-refractivity contribution in [2.24, 2.45) is 52.3 Å². The number of nitrogens with one attached hydrogen (secondary N) is 3. The van der Waals surface area contributed by atoms with Gasteiger partial charge < -0.3 is 56.0 Å². The molecule has 0 aliphatic rings. The maximum Gasteiger partial charge on any atom is 0.251 e. The summed E-state index contributed by atoms with van der Waals surface area (Å²) in [6.45, 7) is 30.1. The highest BCUT2D eigenvalue weighted by atomic mass is 16.3. The third kappa shape index (κ3) is 24.2. The zero-order valence-electron chi connectivity index (χ0n) is 56.1. The van der Waals surface area contributed by atoms with E-state index in [1.807, 2.05) is 75.3 Å². The van der Waals surface area contributed by atoms with E-state index < -0.39 is 138 Å². The Labute approximate surface area is 509 Å². The number of nitrogens with two attached hydrogens (primary N) is 1. The molecular weight excluding hydrogens is 1090 g/mol. The normalized spacial score (nSPS) is 15.5. The first-order valence-corrected chi connectivity index (χ1v) is 30.4. The van der Waals surface area contributed by atoms with Gasteiger partial charge in [-0.15, -0.1) is 4.91 Å². The Kier molecular flexibility index (Phi) is 34.0. The zero-order chi connectivity index (χ0) is 66.4. The molecule has 0 bridgehead atoms. The summed E-state index contributed by atoms with van der Waals surface area (Å²) in [7, 11) is 10.1. The summed E-state index contributed by atoms with van der Waals surface area (Å²) in [5.41, 5.74) is 6.04. The van der Waals surface area contributed by atoms with Crippen molar-refractivity contribution in [2.45, 2.75) is 229 Å². The van der Waals surface area contributed by atoms with Gasteiger partial charge in [0.2, 0.25) is 53.2 Å². The van der Waals surface area contributed by atoms with E-state index in [2.05, 4.69) is 21.1 Å². The fourth-order valence-corrected chi connectivity index (χ4v) is 10.4. The van der Waals surface area contributed by atoms with Crippen LogP contribution in [0.25, 0.3) is 0 Å². The SMILES string of the molecule is CC[C@@H](NC(=O)C(C[C@@H](C)CC(N)C#N)N(C)C(=O)[C@@H](C(C)C)N(C)C(=O)[C@@H](CC(C)C)N(C)C(=O)[C@@H](CC(C)C)N(C)C(=O)[C@@H](C)N=O)C(=O)N(C)CC(=O)N(C)[C@H](CC(C)C)C(=O)N[C@@H](C(=O)N(C)[C@H](CC(C)C)C(=O)NC(C)C)C(C)C. The molecule has 0 aliphatic heterocycles. The number of amides is 10. The van der Waals surface area contributed by atoms with Crippen LogP contribution in [0.1, 0.15) is 163 Å². The Bertz CT molecular complexity index is 2290. The molecule has 10 amide bonds. The largest absolute Gasteiger partial charge is 0.352 e. The lowest BCUT2D eigenvalue weighted by Crippen LogP contribution is -2.61. The van der Waals surface area contributed by atoms with Crippen LogP contribution in [0.4, 0.5) is 0 Å². The molecule has 486 valence electrons. The number of nitrogens with zero attached hydrogens (tertiary/aromatic N) is 9. The lowest BCUT2D eigenvalue weighted by molar-refractivity contribution is -0.156. The van der Waals surface area contributed by atoms with Crippen LogP contribution in [-0.2, 0) is 47.9 Å². The third-order valence-electron chi connectivity index (χ3n) is 15.4. The van der Waals surface area contributed by atoms with Crippen molar-refractivity contribution in [2.75, 3.05) is 55.9 Å². The average Bonchev–Trinajstić information content (AvgIpc) is 3.58. The number of nitroso groups, excluding NO2 is 1. The standard InChI is InChI=1S/C61H111N13O11/c1-25-44(57(80)68(18)33-50(75)69(19)45(26-34(2)3)55(78)66-51(38(10)11)60(83)70(20)46(27-35(4)5)53(76)64-40(14)15)65-54(77)47(31-41(16)30-43(63)32-62)71(21)61(84)52(39(12)13)74(24)59(82)49(29-37(8)9)73(23)58(81)48(28-36(6)7)72(22)56(79)42(17)67-85/h34-49,51-52H,25-31,33,63H2,1-24H3,(H,64,76)(H,65,77)(H,66,78)/t41-,42+,43?,44+,45+,46+,47?,48+,49+,51+,52+/m0/s1. The molecule has 11 atom stereocenters. The van der Waals surface area contributed by atoms with E-state index >= 15 is 4.79 Å². The van der Waals surface area contributed by atoms with Gasteiger partial charge in [0.1, 0.15) is 48.3 Å². The smallest absolute Gasteiger partial charge is 0.251 e. The zero-order valence-corrected chi connectivity index (χ0v) is 56.1. The monoisotopic (exact) mass is 1200 g/mol. The van der Waals surface area contributed by atoms with E-state index in [1.54, 1.807) is 48.6 Å². The van der Waals surface area contributed by atoms with Gasteiger partial charge in [-0.2, -0.15) is 5.26 Å². The second kappa shape index (κ2) is 36.7. The van der Waals surface area contributed by atoms with Crippen LogP contribution in [0.15, 0.2) is 5.18 Å². The highest BCUT2D eigenvalue weighted by Crippen LogP contribution is 2.25. The van der Waals surface area contributed by atoms with E-state index in [9.17, 15) is 53.3 Å². The quantitative estimate of drug-likeness (QED) is 0.0640. The van der Waals surface area contributed by atoms with E-state index in [0.29, 0.717) is 6.42 Å². The third-order valence-corrected chi connectivity index (χ3v) is 15.4.